The van der Waals surface area contributed by atoms with Crippen molar-refractivity contribution >= 4 is 35.6 Å². The van der Waals surface area contributed by atoms with Crippen LogP contribution in [0.5, 0.6) is 0 Å². The summed E-state index contributed by atoms with van der Waals surface area (Å²) in [5.74, 6) is 0.844. The summed E-state index contributed by atoms with van der Waals surface area (Å²) >= 11 is 12.2. The maximum absolute atomic E-state index is 6.08. The largest absolute Gasteiger partial charge is 0.339 e. The van der Waals surface area contributed by atoms with Crippen molar-refractivity contribution in [3.05, 3.63) is 34.1 Å². The average molecular weight is 323 g/mol. The molecule has 104 valence electrons. The molecule has 0 aliphatic rings. The zero-order chi connectivity index (χ0) is 13.3. The molecule has 1 aromatic carbocycles. The molecule has 0 radical (unpaired) electrons. The van der Waals surface area contributed by atoms with Gasteiger partial charge in [0.2, 0.25) is 11.7 Å². The Hall–Kier alpha value is -0.810. The molecule has 19 heavy (non-hydrogen) atoms. The molecule has 2 N–H and O–H groups in total. The van der Waals surface area contributed by atoms with Crippen LogP contribution in [0.25, 0.3) is 11.4 Å². The molecule has 0 amide bonds. The summed E-state index contributed by atoms with van der Waals surface area (Å²) in [6, 6.07) is 5.15. The molecule has 1 heterocycles. The molecular formula is C12H14Cl3N3O. The highest BCUT2D eigenvalue weighted by atomic mass is 35.5. The lowest BCUT2D eigenvalue weighted by Crippen LogP contribution is -2.22. The van der Waals surface area contributed by atoms with Gasteiger partial charge in [0, 0.05) is 6.04 Å². The van der Waals surface area contributed by atoms with E-state index in [0.717, 1.165) is 0 Å². The topological polar surface area (TPSA) is 64.9 Å². The molecule has 0 aliphatic heterocycles. The fourth-order valence-electron chi connectivity index (χ4n) is 1.46. The number of benzene rings is 1. The molecule has 2 aromatic rings. The van der Waals surface area contributed by atoms with E-state index < -0.39 is 0 Å². The molecule has 4 nitrogen and oxygen atoms in total. The highest BCUT2D eigenvalue weighted by Crippen LogP contribution is 2.33. The summed E-state index contributed by atoms with van der Waals surface area (Å²) in [5.41, 5.74) is 6.37. The molecule has 2 atom stereocenters. The van der Waals surface area contributed by atoms with E-state index in [-0.39, 0.29) is 24.4 Å². The Morgan fingerprint density at radius 1 is 1.21 bits per heavy atom. The van der Waals surface area contributed by atoms with Gasteiger partial charge in [-0.25, -0.2) is 0 Å². The lowest BCUT2D eigenvalue weighted by atomic mass is 10.1. The third-order valence-electron chi connectivity index (χ3n) is 2.81. The number of hydrogen-bond donors (Lipinski definition) is 1. The number of nitrogens with zero attached hydrogens (tertiary/aromatic N) is 2. The first kappa shape index (κ1) is 16.2. The van der Waals surface area contributed by atoms with E-state index >= 15 is 0 Å². The summed E-state index contributed by atoms with van der Waals surface area (Å²) in [6.07, 6.45) is 0. The summed E-state index contributed by atoms with van der Waals surface area (Å²) in [7, 11) is 0. The number of aromatic nitrogens is 2. The Morgan fingerprint density at radius 3 is 2.32 bits per heavy atom. The van der Waals surface area contributed by atoms with Crippen LogP contribution in [0, 0.1) is 0 Å². The number of rotatable bonds is 3. The van der Waals surface area contributed by atoms with Gasteiger partial charge in [0.15, 0.2) is 0 Å². The average Bonchev–Trinajstić information content (AvgIpc) is 2.77. The molecule has 2 unspecified atom stereocenters. The van der Waals surface area contributed by atoms with Crippen molar-refractivity contribution in [2.45, 2.75) is 25.8 Å². The van der Waals surface area contributed by atoms with Crippen LogP contribution < -0.4 is 5.73 Å². The minimum Gasteiger partial charge on any atom is -0.339 e. The van der Waals surface area contributed by atoms with Gasteiger partial charge in [0.1, 0.15) is 0 Å². The van der Waals surface area contributed by atoms with Crippen LogP contribution in [0.3, 0.4) is 0 Å². The fourth-order valence-corrected chi connectivity index (χ4v) is 2.02. The van der Waals surface area contributed by atoms with Crippen molar-refractivity contribution in [2.24, 2.45) is 5.73 Å². The first-order valence-electron chi connectivity index (χ1n) is 5.54. The van der Waals surface area contributed by atoms with Crippen molar-refractivity contribution < 1.29 is 4.52 Å². The van der Waals surface area contributed by atoms with E-state index in [1.807, 2.05) is 13.8 Å². The van der Waals surface area contributed by atoms with Crippen LogP contribution in [-0.2, 0) is 0 Å². The SMILES string of the molecule is CC(N)C(C)c1nc(-c2c(Cl)cccc2Cl)no1.Cl. The normalized spacial score (nSPS) is 13.7. The summed E-state index contributed by atoms with van der Waals surface area (Å²) in [5, 5.41) is 4.88. The van der Waals surface area contributed by atoms with E-state index in [9.17, 15) is 0 Å². The van der Waals surface area contributed by atoms with Crippen LogP contribution >= 0.6 is 35.6 Å². The van der Waals surface area contributed by atoms with Crippen LogP contribution in [0.1, 0.15) is 25.7 Å². The fraction of sp³-hybridized carbons (Fsp3) is 0.333. The quantitative estimate of drug-likeness (QED) is 0.930. The molecule has 7 heteroatoms. The first-order chi connectivity index (χ1) is 8.50. The van der Waals surface area contributed by atoms with E-state index in [1.165, 1.54) is 0 Å². The molecular weight excluding hydrogens is 309 g/mol. The van der Waals surface area contributed by atoms with Gasteiger partial charge in [0.05, 0.1) is 21.5 Å². The van der Waals surface area contributed by atoms with E-state index in [2.05, 4.69) is 10.1 Å². The van der Waals surface area contributed by atoms with Crippen molar-refractivity contribution in [1.82, 2.24) is 10.1 Å². The van der Waals surface area contributed by atoms with Gasteiger partial charge in [-0.3, -0.25) is 0 Å². The second kappa shape index (κ2) is 6.57. The van der Waals surface area contributed by atoms with Gasteiger partial charge in [-0.2, -0.15) is 4.98 Å². The number of nitrogens with two attached hydrogens (primary N) is 1. The number of halogens is 3. The Kier molecular flexibility index (Phi) is 5.62. The van der Waals surface area contributed by atoms with Crippen molar-refractivity contribution in [3.63, 3.8) is 0 Å². The van der Waals surface area contributed by atoms with Gasteiger partial charge in [-0.1, -0.05) is 41.3 Å². The minimum atomic E-state index is -0.0694. The van der Waals surface area contributed by atoms with Crippen molar-refractivity contribution in [1.29, 1.82) is 0 Å². The minimum absolute atomic E-state index is 0. The lowest BCUT2D eigenvalue weighted by molar-refractivity contribution is 0.347. The standard InChI is InChI=1S/C12H13Cl2N3O.ClH/c1-6(7(2)15)12-16-11(17-18-12)10-8(13)4-3-5-9(10)14;/h3-7H,15H2,1-2H3;1H. The predicted octanol–water partition coefficient (Wildman–Crippen LogP) is 3.92. The Labute approximate surface area is 127 Å². The van der Waals surface area contributed by atoms with Gasteiger partial charge >= 0.3 is 0 Å². The highest BCUT2D eigenvalue weighted by molar-refractivity contribution is 6.38. The van der Waals surface area contributed by atoms with E-state index in [4.69, 9.17) is 33.5 Å². The molecule has 0 spiro atoms. The second-order valence-electron chi connectivity index (χ2n) is 4.20. The molecule has 0 aliphatic carbocycles. The third kappa shape index (κ3) is 3.39. The molecule has 0 saturated heterocycles. The van der Waals surface area contributed by atoms with E-state index in [1.54, 1.807) is 18.2 Å². The zero-order valence-corrected chi connectivity index (χ0v) is 12.8. The van der Waals surface area contributed by atoms with E-state index in [0.29, 0.717) is 27.3 Å². The Balaban J connectivity index is 0.00000180. The maximum Gasteiger partial charge on any atom is 0.231 e. The number of hydrogen-bond acceptors (Lipinski definition) is 4. The van der Waals surface area contributed by atoms with Crippen LogP contribution in [0.4, 0.5) is 0 Å². The summed E-state index contributed by atoms with van der Waals surface area (Å²) < 4.78 is 5.19. The van der Waals surface area contributed by atoms with Crippen LogP contribution in [0.2, 0.25) is 10.0 Å². The smallest absolute Gasteiger partial charge is 0.231 e. The first-order valence-corrected chi connectivity index (χ1v) is 6.30. The van der Waals surface area contributed by atoms with Gasteiger partial charge in [-0.15, -0.1) is 12.4 Å². The lowest BCUT2D eigenvalue weighted by Gasteiger charge is -2.09. The van der Waals surface area contributed by atoms with Crippen LogP contribution in [0.15, 0.2) is 22.7 Å². The molecule has 1 aromatic heterocycles. The molecule has 0 saturated carbocycles. The summed E-state index contributed by atoms with van der Waals surface area (Å²) in [6.45, 7) is 3.81. The third-order valence-corrected chi connectivity index (χ3v) is 3.44. The second-order valence-corrected chi connectivity index (χ2v) is 5.02. The van der Waals surface area contributed by atoms with Gasteiger partial charge < -0.3 is 10.3 Å². The Bertz CT molecular complexity index is 537. The maximum atomic E-state index is 6.08. The zero-order valence-electron chi connectivity index (χ0n) is 10.4. The Morgan fingerprint density at radius 2 is 1.79 bits per heavy atom. The van der Waals surface area contributed by atoms with Gasteiger partial charge in [0.25, 0.3) is 0 Å². The predicted molar refractivity (Wildman–Crippen MR) is 79.1 cm³/mol. The highest BCUT2D eigenvalue weighted by Gasteiger charge is 2.20. The molecule has 2 rings (SSSR count). The van der Waals surface area contributed by atoms with Crippen LogP contribution in [-0.4, -0.2) is 16.2 Å². The summed E-state index contributed by atoms with van der Waals surface area (Å²) in [4.78, 5) is 4.30. The van der Waals surface area contributed by atoms with Gasteiger partial charge in [-0.05, 0) is 19.1 Å². The molecule has 0 fully saturated rings. The molecule has 0 bridgehead atoms. The van der Waals surface area contributed by atoms with Crippen molar-refractivity contribution in [2.75, 3.05) is 0 Å². The monoisotopic (exact) mass is 321 g/mol. The van der Waals surface area contributed by atoms with Crippen molar-refractivity contribution in [3.8, 4) is 11.4 Å².